The van der Waals surface area contributed by atoms with E-state index < -0.39 is 23.4 Å². The summed E-state index contributed by atoms with van der Waals surface area (Å²) in [6, 6.07) is 7.16. The molecule has 0 bridgehead atoms. The summed E-state index contributed by atoms with van der Waals surface area (Å²) in [5, 5.41) is 13.5. The lowest BCUT2D eigenvalue weighted by Gasteiger charge is -2.11. The Labute approximate surface area is 159 Å². The summed E-state index contributed by atoms with van der Waals surface area (Å²) in [5.74, 6) is -0.354. The molecule has 0 atom stereocenters. The number of fused-ring (bicyclic) bond motifs is 1. The number of nitro groups is 1. The van der Waals surface area contributed by atoms with Crippen LogP contribution in [0.15, 0.2) is 30.3 Å². The second-order valence-corrected chi connectivity index (χ2v) is 5.79. The van der Waals surface area contributed by atoms with E-state index in [0.29, 0.717) is 22.7 Å². The number of methoxy groups -OCH3 is 1. The van der Waals surface area contributed by atoms with Gasteiger partial charge in [0.1, 0.15) is 0 Å². The molecule has 0 unspecified atom stereocenters. The maximum atomic E-state index is 12.1. The fourth-order valence-electron chi connectivity index (χ4n) is 2.54. The van der Waals surface area contributed by atoms with E-state index in [-0.39, 0.29) is 23.8 Å². The Morgan fingerprint density at radius 2 is 1.96 bits per heavy atom. The van der Waals surface area contributed by atoms with Crippen LogP contribution in [0.5, 0.6) is 17.2 Å². The monoisotopic (exact) mass is 388 g/mol. The number of nitrogens with zero attached hydrogens (tertiary/aromatic N) is 1. The smallest absolute Gasteiger partial charge is 0.338 e. The molecule has 2 aromatic rings. The molecule has 0 saturated heterocycles. The Balaban J connectivity index is 1.63. The second kappa shape index (κ2) is 7.82. The topological polar surface area (TPSA) is 126 Å². The maximum Gasteiger partial charge on any atom is 0.338 e. The molecule has 28 heavy (non-hydrogen) atoms. The quantitative estimate of drug-likeness (QED) is 0.454. The molecule has 10 heteroatoms. The molecule has 1 aliphatic heterocycles. The lowest BCUT2D eigenvalue weighted by Crippen LogP contribution is -2.21. The zero-order chi connectivity index (χ0) is 20.3. The third kappa shape index (κ3) is 3.95. The van der Waals surface area contributed by atoms with E-state index in [0.717, 1.165) is 0 Å². The van der Waals surface area contributed by atoms with Crippen molar-refractivity contribution in [2.24, 2.45) is 0 Å². The van der Waals surface area contributed by atoms with Crippen molar-refractivity contribution in [1.82, 2.24) is 0 Å². The zero-order valence-electron chi connectivity index (χ0n) is 15.0. The van der Waals surface area contributed by atoms with E-state index >= 15 is 0 Å². The molecule has 3 rings (SSSR count). The van der Waals surface area contributed by atoms with Crippen LogP contribution in [0, 0.1) is 17.0 Å². The summed E-state index contributed by atoms with van der Waals surface area (Å²) < 4.78 is 20.3. The zero-order valence-corrected chi connectivity index (χ0v) is 15.0. The molecule has 146 valence electrons. The molecule has 10 nitrogen and oxygen atoms in total. The van der Waals surface area contributed by atoms with Crippen molar-refractivity contribution in [2.75, 3.05) is 25.8 Å². The van der Waals surface area contributed by atoms with E-state index in [1.807, 2.05) is 0 Å². The molecule has 0 spiro atoms. The normalized spacial score (nSPS) is 11.6. The highest BCUT2D eigenvalue weighted by molar-refractivity contribution is 5.96. The van der Waals surface area contributed by atoms with Crippen LogP contribution in [0.4, 0.5) is 11.4 Å². The van der Waals surface area contributed by atoms with Crippen molar-refractivity contribution in [3.63, 3.8) is 0 Å². The van der Waals surface area contributed by atoms with Crippen LogP contribution in [0.2, 0.25) is 0 Å². The fourth-order valence-corrected chi connectivity index (χ4v) is 2.54. The van der Waals surface area contributed by atoms with Crippen LogP contribution in [0.3, 0.4) is 0 Å². The SMILES string of the molecule is COc1cc(NC(=O)COC(=O)c2ccc3c(c2)OCO3)c(C)cc1[N+](=O)[O-]. The molecule has 0 fully saturated rings. The summed E-state index contributed by atoms with van der Waals surface area (Å²) in [6.45, 7) is 1.14. The van der Waals surface area contributed by atoms with Crippen molar-refractivity contribution in [1.29, 1.82) is 0 Å². The summed E-state index contributed by atoms with van der Waals surface area (Å²) in [4.78, 5) is 34.6. The molecule has 0 radical (unpaired) electrons. The predicted molar refractivity (Wildman–Crippen MR) is 95.9 cm³/mol. The summed E-state index contributed by atoms with van der Waals surface area (Å²) in [7, 11) is 1.29. The number of ether oxygens (including phenoxy) is 4. The minimum absolute atomic E-state index is 0.00301. The Kier molecular flexibility index (Phi) is 5.30. The average Bonchev–Trinajstić information content (AvgIpc) is 3.15. The van der Waals surface area contributed by atoms with Crippen molar-refractivity contribution in [3.8, 4) is 17.2 Å². The molecule has 0 saturated carbocycles. The molecule has 0 aromatic heterocycles. The first kappa shape index (κ1) is 19.0. The standard InChI is InChI=1S/C18H16N2O8/c1-10-5-13(20(23)24)15(25-2)7-12(10)19-17(21)8-26-18(22)11-3-4-14-16(6-11)28-9-27-14/h3-7H,8-9H2,1-2H3,(H,19,21). The van der Waals surface area contributed by atoms with Gasteiger partial charge in [0.2, 0.25) is 6.79 Å². The highest BCUT2D eigenvalue weighted by Gasteiger charge is 2.20. The number of amides is 1. The van der Waals surface area contributed by atoms with Gasteiger partial charge in [-0.15, -0.1) is 0 Å². The van der Waals surface area contributed by atoms with Gasteiger partial charge >= 0.3 is 11.7 Å². The summed E-state index contributed by atoms with van der Waals surface area (Å²) in [5.41, 5.74) is 0.770. The summed E-state index contributed by atoms with van der Waals surface area (Å²) in [6.07, 6.45) is 0. The number of aryl methyl sites for hydroxylation is 1. The minimum Gasteiger partial charge on any atom is -0.490 e. The van der Waals surface area contributed by atoms with E-state index in [1.54, 1.807) is 13.0 Å². The number of esters is 1. The largest absolute Gasteiger partial charge is 0.490 e. The Morgan fingerprint density at radius 3 is 2.68 bits per heavy atom. The van der Waals surface area contributed by atoms with E-state index in [9.17, 15) is 19.7 Å². The van der Waals surface area contributed by atoms with Gasteiger partial charge in [0.05, 0.1) is 17.6 Å². The van der Waals surface area contributed by atoms with E-state index in [4.69, 9.17) is 18.9 Å². The Morgan fingerprint density at radius 1 is 1.21 bits per heavy atom. The molecule has 1 N–H and O–H groups in total. The average molecular weight is 388 g/mol. The van der Waals surface area contributed by atoms with Gasteiger partial charge in [0.15, 0.2) is 23.9 Å². The van der Waals surface area contributed by atoms with Gasteiger partial charge in [-0.1, -0.05) is 0 Å². The first-order valence-corrected chi connectivity index (χ1v) is 8.08. The van der Waals surface area contributed by atoms with Crippen molar-refractivity contribution >= 4 is 23.3 Å². The molecule has 1 amide bonds. The van der Waals surface area contributed by atoms with Gasteiger partial charge in [0, 0.05) is 17.8 Å². The molecular weight excluding hydrogens is 372 g/mol. The molecule has 2 aromatic carbocycles. The van der Waals surface area contributed by atoms with Crippen LogP contribution in [0.25, 0.3) is 0 Å². The lowest BCUT2D eigenvalue weighted by molar-refractivity contribution is -0.385. The number of carbonyl (C=O) groups excluding carboxylic acids is 2. The molecule has 1 aliphatic rings. The third-order valence-electron chi connectivity index (χ3n) is 3.94. The number of hydrogen-bond acceptors (Lipinski definition) is 8. The highest BCUT2D eigenvalue weighted by atomic mass is 16.7. The summed E-state index contributed by atoms with van der Waals surface area (Å²) >= 11 is 0. The van der Waals surface area contributed by atoms with Crippen molar-refractivity contribution in [2.45, 2.75) is 6.92 Å². The van der Waals surface area contributed by atoms with E-state index in [1.165, 1.54) is 31.4 Å². The van der Waals surface area contributed by atoms with E-state index in [2.05, 4.69) is 5.32 Å². The number of nitrogens with one attached hydrogen (secondary N) is 1. The first-order valence-electron chi connectivity index (χ1n) is 8.08. The van der Waals surface area contributed by atoms with Gasteiger partial charge in [-0.3, -0.25) is 14.9 Å². The van der Waals surface area contributed by atoms with Crippen LogP contribution in [0.1, 0.15) is 15.9 Å². The lowest BCUT2D eigenvalue weighted by atomic mass is 10.1. The van der Waals surface area contributed by atoms with Crippen LogP contribution in [-0.4, -0.2) is 37.3 Å². The molecular formula is C18H16N2O8. The first-order chi connectivity index (χ1) is 13.4. The van der Waals surface area contributed by atoms with Gasteiger partial charge in [-0.2, -0.15) is 0 Å². The fraction of sp³-hybridized carbons (Fsp3) is 0.222. The van der Waals surface area contributed by atoms with Gasteiger partial charge < -0.3 is 24.3 Å². The van der Waals surface area contributed by atoms with Crippen molar-refractivity contribution in [3.05, 3.63) is 51.6 Å². The van der Waals surface area contributed by atoms with Crippen LogP contribution >= 0.6 is 0 Å². The van der Waals surface area contributed by atoms with Gasteiger partial charge in [-0.05, 0) is 30.7 Å². The number of benzene rings is 2. The third-order valence-corrected chi connectivity index (χ3v) is 3.94. The van der Waals surface area contributed by atoms with Gasteiger partial charge in [-0.25, -0.2) is 4.79 Å². The molecule has 0 aliphatic carbocycles. The Bertz CT molecular complexity index is 957. The van der Waals surface area contributed by atoms with Gasteiger partial charge in [0.25, 0.3) is 5.91 Å². The van der Waals surface area contributed by atoms with Crippen LogP contribution in [-0.2, 0) is 9.53 Å². The number of rotatable bonds is 6. The van der Waals surface area contributed by atoms with Crippen LogP contribution < -0.4 is 19.5 Å². The Hall–Kier alpha value is -3.82. The number of hydrogen-bond donors (Lipinski definition) is 1. The predicted octanol–water partition coefficient (Wildman–Crippen LogP) is 2.44. The number of carbonyl (C=O) groups is 2. The highest BCUT2D eigenvalue weighted by Crippen LogP contribution is 2.33. The second-order valence-electron chi connectivity index (χ2n) is 5.79. The number of anilines is 1. The number of nitro benzene ring substituents is 1. The molecule has 1 heterocycles. The van der Waals surface area contributed by atoms with Crippen molar-refractivity contribution < 1.29 is 33.5 Å². The minimum atomic E-state index is -0.702. The maximum absolute atomic E-state index is 12.1.